The minimum Gasteiger partial charge on any atom is -0.481 e. The number of hydrogen-bond donors (Lipinski definition) is 2. The Balaban J connectivity index is 2.38. The van der Waals surface area contributed by atoms with Crippen LogP contribution in [0.3, 0.4) is 0 Å². The molecule has 1 heterocycles. The van der Waals surface area contributed by atoms with E-state index in [0.29, 0.717) is 17.9 Å². The molecule has 1 amide bonds. The fraction of sp³-hybridized carbons (Fsp3) is 0.364. The molecule has 1 aromatic rings. The molecule has 0 atom stereocenters. The van der Waals surface area contributed by atoms with Crippen LogP contribution in [-0.2, 0) is 0 Å². The standard InChI is InChI=1S/C11H14N2O4/c1-17-10-5-4-8(7-13-10)9(14)3-2-6-12-11(15)16/h4-5,7,12H,2-3,6H2,1H3,(H,15,16). The fourth-order valence-corrected chi connectivity index (χ4v) is 1.25. The van der Waals surface area contributed by atoms with E-state index in [1.54, 1.807) is 12.1 Å². The lowest BCUT2D eigenvalue weighted by molar-refractivity contribution is 0.0979. The van der Waals surface area contributed by atoms with E-state index in [4.69, 9.17) is 9.84 Å². The molecule has 92 valence electrons. The first-order valence-corrected chi connectivity index (χ1v) is 5.13. The number of ether oxygens (including phenoxy) is 1. The Bertz CT molecular complexity index is 389. The predicted molar refractivity (Wildman–Crippen MR) is 60.4 cm³/mol. The third kappa shape index (κ3) is 4.50. The summed E-state index contributed by atoms with van der Waals surface area (Å²) in [6.07, 6.45) is 1.13. The summed E-state index contributed by atoms with van der Waals surface area (Å²) in [6, 6.07) is 3.25. The van der Waals surface area contributed by atoms with Gasteiger partial charge in [0.15, 0.2) is 5.78 Å². The maximum absolute atomic E-state index is 11.6. The van der Waals surface area contributed by atoms with E-state index in [2.05, 4.69) is 10.3 Å². The molecule has 0 aliphatic rings. The molecular formula is C11H14N2O4. The summed E-state index contributed by atoms with van der Waals surface area (Å²) in [6.45, 7) is 0.269. The van der Waals surface area contributed by atoms with Crippen molar-refractivity contribution in [2.24, 2.45) is 0 Å². The van der Waals surface area contributed by atoms with E-state index in [1.807, 2.05) is 0 Å². The van der Waals surface area contributed by atoms with Gasteiger partial charge >= 0.3 is 6.09 Å². The minimum absolute atomic E-state index is 0.0626. The average molecular weight is 238 g/mol. The van der Waals surface area contributed by atoms with Crippen LogP contribution in [0, 0.1) is 0 Å². The molecule has 0 saturated carbocycles. The van der Waals surface area contributed by atoms with Gasteiger partial charge in [0.2, 0.25) is 5.88 Å². The molecule has 0 aliphatic carbocycles. The van der Waals surface area contributed by atoms with Crippen molar-refractivity contribution in [3.63, 3.8) is 0 Å². The highest BCUT2D eigenvalue weighted by Gasteiger charge is 2.06. The average Bonchev–Trinajstić information content (AvgIpc) is 2.34. The van der Waals surface area contributed by atoms with E-state index in [-0.39, 0.29) is 18.7 Å². The van der Waals surface area contributed by atoms with Crippen LogP contribution in [0.25, 0.3) is 0 Å². The van der Waals surface area contributed by atoms with E-state index in [1.165, 1.54) is 13.3 Å². The maximum atomic E-state index is 11.6. The van der Waals surface area contributed by atoms with Gasteiger partial charge in [0.05, 0.1) is 7.11 Å². The van der Waals surface area contributed by atoms with Crippen molar-refractivity contribution >= 4 is 11.9 Å². The number of aromatic nitrogens is 1. The topological polar surface area (TPSA) is 88.5 Å². The summed E-state index contributed by atoms with van der Waals surface area (Å²) in [5.74, 6) is 0.390. The summed E-state index contributed by atoms with van der Waals surface area (Å²) in [4.78, 5) is 25.7. The molecule has 0 aromatic carbocycles. The number of carbonyl (C=O) groups is 2. The molecule has 0 spiro atoms. The number of amides is 1. The van der Waals surface area contributed by atoms with Crippen LogP contribution >= 0.6 is 0 Å². The monoisotopic (exact) mass is 238 g/mol. The lowest BCUT2D eigenvalue weighted by atomic mass is 10.1. The van der Waals surface area contributed by atoms with E-state index < -0.39 is 6.09 Å². The summed E-state index contributed by atoms with van der Waals surface area (Å²) in [5.41, 5.74) is 0.501. The van der Waals surface area contributed by atoms with Crippen molar-refractivity contribution in [1.29, 1.82) is 0 Å². The second-order valence-electron chi connectivity index (χ2n) is 3.35. The highest BCUT2D eigenvalue weighted by atomic mass is 16.5. The molecule has 2 N–H and O–H groups in total. The fourth-order valence-electron chi connectivity index (χ4n) is 1.25. The van der Waals surface area contributed by atoms with Gasteiger partial charge < -0.3 is 15.2 Å². The van der Waals surface area contributed by atoms with Crippen molar-refractivity contribution in [1.82, 2.24) is 10.3 Å². The Morgan fingerprint density at radius 2 is 2.24 bits per heavy atom. The van der Waals surface area contributed by atoms with Gasteiger partial charge in [0.1, 0.15) is 0 Å². The minimum atomic E-state index is -1.08. The van der Waals surface area contributed by atoms with Gasteiger partial charge in [-0.1, -0.05) is 0 Å². The largest absolute Gasteiger partial charge is 0.481 e. The third-order valence-corrected chi connectivity index (χ3v) is 2.12. The number of hydrogen-bond acceptors (Lipinski definition) is 4. The van der Waals surface area contributed by atoms with Crippen molar-refractivity contribution < 1.29 is 19.4 Å². The van der Waals surface area contributed by atoms with E-state index in [9.17, 15) is 9.59 Å². The predicted octanol–water partition coefficient (Wildman–Crippen LogP) is 1.32. The van der Waals surface area contributed by atoms with E-state index in [0.717, 1.165) is 0 Å². The molecule has 0 aliphatic heterocycles. The highest BCUT2D eigenvalue weighted by molar-refractivity contribution is 5.95. The lowest BCUT2D eigenvalue weighted by Crippen LogP contribution is -2.22. The Kier molecular flexibility index (Phi) is 4.93. The zero-order chi connectivity index (χ0) is 12.7. The van der Waals surface area contributed by atoms with Crippen molar-refractivity contribution in [3.05, 3.63) is 23.9 Å². The summed E-state index contributed by atoms with van der Waals surface area (Å²) in [7, 11) is 1.50. The number of methoxy groups -OCH3 is 1. The highest BCUT2D eigenvalue weighted by Crippen LogP contribution is 2.09. The van der Waals surface area contributed by atoms with Crippen LogP contribution < -0.4 is 10.1 Å². The number of rotatable bonds is 6. The first kappa shape index (κ1) is 13.0. The number of nitrogens with one attached hydrogen (secondary N) is 1. The van der Waals surface area contributed by atoms with Crippen LogP contribution in [0.2, 0.25) is 0 Å². The molecule has 1 aromatic heterocycles. The number of pyridine rings is 1. The maximum Gasteiger partial charge on any atom is 0.404 e. The number of carbonyl (C=O) groups excluding carboxylic acids is 1. The zero-order valence-corrected chi connectivity index (χ0v) is 9.47. The van der Waals surface area contributed by atoms with Gasteiger partial charge in [-0.2, -0.15) is 0 Å². The molecular weight excluding hydrogens is 224 g/mol. The Morgan fingerprint density at radius 1 is 1.47 bits per heavy atom. The van der Waals surface area contributed by atoms with Crippen LogP contribution in [0.15, 0.2) is 18.3 Å². The van der Waals surface area contributed by atoms with Crippen LogP contribution in [0.1, 0.15) is 23.2 Å². The summed E-state index contributed by atoms with van der Waals surface area (Å²) >= 11 is 0. The van der Waals surface area contributed by atoms with Crippen LogP contribution in [0.4, 0.5) is 4.79 Å². The summed E-state index contributed by atoms with van der Waals surface area (Å²) < 4.78 is 4.88. The van der Waals surface area contributed by atoms with Gasteiger partial charge in [-0.25, -0.2) is 9.78 Å². The number of Topliss-reactive ketones (excluding diaryl/α,β-unsaturated/α-hetero) is 1. The molecule has 6 nitrogen and oxygen atoms in total. The molecule has 0 radical (unpaired) electrons. The van der Waals surface area contributed by atoms with Crippen LogP contribution in [-0.4, -0.2) is 35.6 Å². The molecule has 17 heavy (non-hydrogen) atoms. The lowest BCUT2D eigenvalue weighted by Gasteiger charge is -2.02. The first-order chi connectivity index (χ1) is 8.13. The Hall–Kier alpha value is -2.11. The van der Waals surface area contributed by atoms with Gasteiger partial charge in [-0.05, 0) is 12.5 Å². The smallest absolute Gasteiger partial charge is 0.404 e. The van der Waals surface area contributed by atoms with Gasteiger partial charge in [0, 0.05) is 30.8 Å². The summed E-state index contributed by atoms with van der Waals surface area (Å²) in [5, 5.41) is 10.5. The molecule has 1 rings (SSSR count). The van der Waals surface area contributed by atoms with Crippen molar-refractivity contribution in [2.75, 3.05) is 13.7 Å². The van der Waals surface area contributed by atoms with Gasteiger partial charge in [-0.3, -0.25) is 4.79 Å². The second-order valence-corrected chi connectivity index (χ2v) is 3.35. The number of carboxylic acid groups (broad SMARTS) is 1. The third-order valence-electron chi connectivity index (χ3n) is 2.12. The SMILES string of the molecule is COc1ccc(C(=O)CCCNC(=O)O)cn1. The Morgan fingerprint density at radius 3 is 2.76 bits per heavy atom. The normalized spacial score (nSPS) is 9.71. The molecule has 0 unspecified atom stereocenters. The number of nitrogens with zero attached hydrogens (tertiary/aromatic N) is 1. The quantitative estimate of drug-likeness (QED) is 0.576. The first-order valence-electron chi connectivity index (χ1n) is 5.13. The Labute approximate surface area is 98.6 Å². The zero-order valence-electron chi connectivity index (χ0n) is 9.47. The molecule has 0 fully saturated rings. The van der Waals surface area contributed by atoms with Crippen molar-refractivity contribution in [3.8, 4) is 5.88 Å². The van der Waals surface area contributed by atoms with Gasteiger partial charge in [-0.15, -0.1) is 0 Å². The van der Waals surface area contributed by atoms with Crippen LogP contribution in [0.5, 0.6) is 5.88 Å². The molecule has 0 bridgehead atoms. The van der Waals surface area contributed by atoms with Crippen molar-refractivity contribution in [2.45, 2.75) is 12.8 Å². The molecule has 0 saturated heterocycles. The van der Waals surface area contributed by atoms with Gasteiger partial charge in [0.25, 0.3) is 0 Å². The second kappa shape index (κ2) is 6.47. The number of ketones is 1. The van der Waals surface area contributed by atoms with E-state index >= 15 is 0 Å². The molecule has 6 heteroatoms.